The minimum absolute atomic E-state index is 0.141. The van der Waals surface area contributed by atoms with Gasteiger partial charge in [0.2, 0.25) is 5.91 Å². The van der Waals surface area contributed by atoms with Crippen LogP contribution in [0.2, 0.25) is 0 Å². The van der Waals surface area contributed by atoms with E-state index < -0.39 is 0 Å². The molecular weight excluding hydrogens is 272 g/mol. The monoisotopic (exact) mass is 294 g/mol. The molecule has 3 heterocycles. The van der Waals surface area contributed by atoms with Crippen molar-refractivity contribution in [2.75, 3.05) is 32.8 Å². The summed E-state index contributed by atoms with van der Waals surface area (Å²) < 4.78 is 6.10. The van der Waals surface area contributed by atoms with E-state index in [1.807, 2.05) is 4.90 Å². The van der Waals surface area contributed by atoms with Gasteiger partial charge in [0.15, 0.2) is 0 Å². The Balaban J connectivity index is 1.65. The summed E-state index contributed by atoms with van der Waals surface area (Å²) in [5.41, 5.74) is 1.24. The highest BCUT2D eigenvalue weighted by Gasteiger charge is 2.41. The molecule has 110 valence electrons. The quantitative estimate of drug-likeness (QED) is 0.836. The highest BCUT2D eigenvalue weighted by Crippen LogP contribution is 2.29. The first-order valence-electron chi connectivity index (χ1n) is 7.30. The lowest BCUT2D eigenvalue weighted by molar-refractivity contribution is -0.156. The van der Waals surface area contributed by atoms with Crippen LogP contribution in [0.3, 0.4) is 0 Å². The number of nitrogens with zero attached hydrogens (tertiary/aromatic N) is 2. The molecule has 0 aromatic carbocycles. The number of hydrogen-bond acceptors (Lipinski definition) is 4. The van der Waals surface area contributed by atoms with Crippen LogP contribution in [-0.2, 0) is 16.1 Å². The van der Waals surface area contributed by atoms with E-state index in [0.29, 0.717) is 0 Å². The molecule has 0 bridgehead atoms. The van der Waals surface area contributed by atoms with Crippen molar-refractivity contribution in [3.8, 4) is 0 Å². The number of carbonyl (C=O) groups is 1. The summed E-state index contributed by atoms with van der Waals surface area (Å²) in [6.07, 6.45) is 2.11. The highest BCUT2D eigenvalue weighted by molar-refractivity contribution is 7.07. The molecule has 1 aromatic heterocycles. The van der Waals surface area contributed by atoms with E-state index in [0.717, 1.165) is 52.2 Å². The largest absolute Gasteiger partial charge is 0.370 e. The second kappa shape index (κ2) is 5.84. The zero-order valence-electron chi connectivity index (χ0n) is 12.0. The summed E-state index contributed by atoms with van der Waals surface area (Å²) in [6.45, 7) is 6.98. The summed E-state index contributed by atoms with van der Waals surface area (Å²) >= 11 is 1.75. The summed E-state index contributed by atoms with van der Waals surface area (Å²) in [5.74, 6) is 0.169. The van der Waals surface area contributed by atoms with E-state index in [2.05, 4.69) is 21.7 Å². The van der Waals surface area contributed by atoms with Gasteiger partial charge < -0.3 is 9.64 Å². The van der Waals surface area contributed by atoms with Gasteiger partial charge >= 0.3 is 0 Å². The van der Waals surface area contributed by atoms with Crippen molar-refractivity contribution < 1.29 is 9.53 Å². The van der Waals surface area contributed by atoms with Gasteiger partial charge in [-0.05, 0) is 35.2 Å². The van der Waals surface area contributed by atoms with Crippen molar-refractivity contribution in [2.45, 2.75) is 31.9 Å². The van der Waals surface area contributed by atoms with Gasteiger partial charge in [-0.15, -0.1) is 0 Å². The molecule has 2 aliphatic heterocycles. The van der Waals surface area contributed by atoms with Gasteiger partial charge in [0.05, 0.1) is 18.8 Å². The summed E-state index contributed by atoms with van der Waals surface area (Å²) in [7, 11) is 0. The van der Waals surface area contributed by atoms with Gasteiger partial charge in [0, 0.05) is 33.1 Å². The third-order valence-corrected chi connectivity index (χ3v) is 5.03. The molecular formula is C15H22N2O2S. The molecule has 0 radical (unpaired) electrons. The minimum Gasteiger partial charge on any atom is -0.370 e. The number of morpholine rings is 1. The number of hydrogen-bond donors (Lipinski definition) is 0. The molecule has 1 aromatic rings. The van der Waals surface area contributed by atoms with Gasteiger partial charge in [0.1, 0.15) is 0 Å². The average molecular weight is 294 g/mol. The van der Waals surface area contributed by atoms with Gasteiger partial charge in [-0.3, -0.25) is 9.69 Å². The number of piperidine rings is 1. The molecule has 3 rings (SSSR count). The molecule has 20 heavy (non-hydrogen) atoms. The standard InChI is InChI=1S/C15H22N2O2S/c1-13(18)17-5-2-4-15(12-17)11-16(6-7-19-15)9-14-3-8-20-10-14/h3,8,10H,2,4-7,9,11-12H2,1H3/t15-/m0/s1. The van der Waals surface area contributed by atoms with Gasteiger partial charge in [-0.2, -0.15) is 11.3 Å². The van der Waals surface area contributed by atoms with E-state index in [4.69, 9.17) is 4.74 Å². The molecule has 0 N–H and O–H groups in total. The van der Waals surface area contributed by atoms with Crippen molar-refractivity contribution in [3.63, 3.8) is 0 Å². The first-order chi connectivity index (χ1) is 9.67. The summed E-state index contributed by atoms with van der Waals surface area (Å²) in [5, 5.41) is 4.34. The Morgan fingerprint density at radius 3 is 3.10 bits per heavy atom. The van der Waals surface area contributed by atoms with E-state index >= 15 is 0 Å². The van der Waals surface area contributed by atoms with E-state index in [-0.39, 0.29) is 11.5 Å². The lowest BCUT2D eigenvalue weighted by Gasteiger charge is -2.48. The van der Waals surface area contributed by atoms with Crippen LogP contribution in [0.1, 0.15) is 25.3 Å². The maximum atomic E-state index is 11.6. The lowest BCUT2D eigenvalue weighted by atomic mass is 9.90. The molecule has 2 fully saturated rings. The molecule has 1 spiro atoms. The summed E-state index contributed by atoms with van der Waals surface area (Å²) in [6, 6.07) is 2.19. The van der Waals surface area contributed by atoms with Crippen molar-refractivity contribution in [1.29, 1.82) is 0 Å². The van der Waals surface area contributed by atoms with Crippen molar-refractivity contribution in [1.82, 2.24) is 9.80 Å². The Kier molecular flexibility index (Phi) is 4.10. The molecule has 2 saturated heterocycles. The van der Waals surface area contributed by atoms with Gasteiger partial charge in [-0.1, -0.05) is 0 Å². The number of rotatable bonds is 2. The number of amides is 1. The number of carbonyl (C=O) groups excluding carboxylic acids is 1. The molecule has 4 nitrogen and oxygen atoms in total. The SMILES string of the molecule is CC(=O)N1CCC[C@]2(CN(Cc3ccsc3)CCO2)C1. The zero-order chi connectivity index (χ0) is 14.0. The first-order valence-corrected chi connectivity index (χ1v) is 8.24. The van der Waals surface area contributed by atoms with E-state index in [1.54, 1.807) is 18.3 Å². The lowest BCUT2D eigenvalue weighted by Crippen LogP contribution is -2.60. The van der Waals surface area contributed by atoms with Gasteiger partial charge in [-0.25, -0.2) is 0 Å². The minimum atomic E-state index is -0.141. The predicted octanol–water partition coefficient (Wildman–Crippen LogP) is 1.96. The normalized spacial score (nSPS) is 27.9. The summed E-state index contributed by atoms with van der Waals surface area (Å²) in [4.78, 5) is 16.0. The molecule has 1 amide bonds. The van der Waals surface area contributed by atoms with Crippen LogP contribution >= 0.6 is 11.3 Å². The second-order valence-corrected chi connectivity index (χ2v) is 6.70. The van der Waals surface area contributed by atoms with Crippen LogP contribution in [-0.4, -0.2) is 54.1 Å². The first kappa shape index (κ1) is 14.0. The Labute approximate surface area is 124 Å². The van der Waals surface area contributed by atoms with Crippen LogP contribution in [0.5, 0.6) is 0 Å². The molecule has 2 aliphatic rings. The maximum absolute atomic E-state index is 11.6. The van der Waals surface area contributed by atoms with Crippen LogP contribution in [0.4, 0.5) is 0 Å². The van der Waals surface area contributed by atoms with E-state index in [1.165, 1.54) is 5.56 Å². The number of thiophene rings is 1. The topological polar surface area (TPSA) is 32.8 Å². The van der Waals surface area contributed by atoms with Crippen LogP contribution in [0.25, 0.3) is 0 Å². The molecule has 1 atom stereocenters. The van der Waals surface area contributed by atoms with Crippen molar-refractivity contribution in [2.24, 2.45) is 0 Å². The smallest absolute Gasteiger partial charge is 0.219 e. The van der Waals surface area contributed by atoms with Crippen LogP contribution in [0.15, 0.2) is 16.8 Å². The average Bonchev–Trinajstić information content (AvgIpc) is 2.92. The molecule has 5 heteroatoms. The van der Waals surface area contributed by atoms with Crippen molar-refractivity contribution in [3.05, 3.63) is 22.4 Å². The fourth-order valence-corrected chi connectivity index (χ4v) is 3.97. The zero-order valence-corrected chi connectivity index (χ0v) is 12.8. The Morgan fingerprint density at radius 1 is 1.45 bits per heavy atom. The highest BCUT2D eigenvalue weighted by atomic mass is 32.1. The molecule has 0 unspecified atom stereocenters. The Bertz CT molecular complexity index is 458. The van der Waals surface area contributed by atoms with Crippen LogP contribution in [0, 0.1) is 0 Å². The predicted molar refractivity (Wildman–Crippen MR) is 79.8 cm³/mol. The van der Waals surface area contributed by atoms with E-state index in [9.17, 15) is 4.79 Å². The number of likely N-dealkylation sites (tertiary alicyclic amines) is 1. The molecule has 0 saturated carbocycles. The van der Waals surface area contributed by atoms with Gasteiger partial charge in [0.25, 0.3) is 0 Å². The number of ether oxygens (including phenoxy) is 1. The Hall–Kier alpha value is -0.910. The fraction of sp³-hybridized carbons (Fsp3) is 0.667. The maximum Gasteiger partial charge on any atom is 0.219 e. The fourth-order valence-electron chi connectivity index (χ4n) is 3.31. The van der Waals surface area contributed by atoms with Crippen molar-refractivity contribution >= 4 is 17.2 Å². The third-order valence-electron chi connectivity index (χ3n) is 4.30. The van der Waals surface area contributed by atoms with Crippen LogP contribution < -0.4 is 0 Å². The molecule has 0 aliphatic carbocycles. The third kappa shape index (κ3) is 3.05. The second-order valence-electron chi connectivity index (χ2n) is 5.92. The Morgan fingerprint density at radius 2 is 2.35 bits per heavy atom.